The molecule has 0 saturated carbocycles. The minimum atomic E-state index is -4.56. The number of halogens is 3. The molecule has 1 N–H and O–H groups in total. The summed E-state index contributed by atoms with van der Waals surface area (Å²) >= 11 is 0. The van der Waals surface area contributed by atoms with Gasteiger partial charge in [-0.1, -0.05) is 12.0 Å². The molecular formula is C33H35F3N8O2. The van der Waals surface area contributed by atoms with Crippen LogP contribution in [0.4, 0.5) is 24.7 Å². The lowest BCUT2D eigenvalue weighted by atomic mass is 10.0. The minimum Gasteiger partial charge on any atom is -0.372 e. The molecule has 5 heterocycles. The van der Waals surface area contributed by atoms with Gasteiger partial charge in [0.15, 0.2) is 5.65 Å². The van der Waals surface area contributed by atoms with Crippen LogP contribution in [0.15, 0.2) is 55.0 Å². The molecule has 0 aliphatic carbocycles. The van der Waals surface area contributed by atoms with Crippen LogP contribution in [-0.2, 0) is 17.5 Å². The highest BCUT2D eigenvalue weighted by molar-refractivity contribution is 6.04. The van der Waals surface area contributed by atoms with E-state index in [4.69, 9.17) is 9.84 Å². The van der Waals surface area contributed by atoms with Crippen LogP contribution in [0.25, 0.3) is 5.65 Å². The smallest absolute Gasteiger partial charge is 0.372 e. The molecule has 4 aromatic rings. The summed E-state index contributed by atoms with van der Waals surface area (Å²) in [5.41, 5.74) is 0.983. The maximum Gasteiger partial charge on any atom is 0.416 e. The second-order valence-electron chi connectivity index (χ2n) is 12.3. The van der Waals surface area contributed by atoms with Gasteiger partial charge in [0, 0.05) is 69.5 Å². The SMILES string of the molecule is CN1CCN(Cc2ccc(NC(=O)c3cncc(C#Cc4cnc5ccc(N6CCOC(C)(C)C6)nn45)c3)cc2C(F)(F)F)CC1. The molecule has 0 bridgehead atoms. The molecule has 10 nitrogen and oxygen atoms in total. The summed E-state index contributed by atoms with van der Waals surface area (Å²) in [6.45, 7) is 9.29. The van der Waals surface area contributed by atoms with Crippen LogP contribution in [0.2, 0.25) is 0 Å². The zero-order chi connectivity index (χ0) is 32.5. The van der Waals surface area contributed by atoms with E-state index in [2.05, 4.69) is 36.9 Å². The highest BCUT2D eigenvalue weighted by Gasteiger charge is 2.34. The van der Waals surface area contributed by atoms with Crippen molar-refractivity contribution in [3.63, 3.8) is 0 Å². The number of nitrogens with zero attached hydrogens (tertiary/aromatic N) is 7. The van der Waals surface area contributed by atoms with E-state index in [9.17, 15) is 18.0 Å². The Bertz CT molecular complexity index is 1800. The first-order valence-corrected chi connectivity index (χ1v) is 15.1. The number of hydrogen-bond donors (Lipinski definition) is 1. The molecule has 6 rings (SSSR count). The van der Waals surface area contributed by atoms with Crippen LogP contribution < -0.4 is 10.2 Å². The van der Waals surface area contributed by atoms with E-state index >= 15 is 0 Å². The van der Waals surface area contributed by atoms with Crippen LogP contribution in [-0.4, -0.2) is 93.8 Å². The maximum atomic E-state index is 14.0. The fourth-order valence-corrected chi connectivity index (χ4v) is 5.60. The third-order valence-electron chi connectivity index (χ3n) is 8.10. The first-order valence-electron chi connectivity index (χ1n) is 15.1. The van der Waals surface area contributed by atoms with Crippen molar-refractivity contribution in [2.24, 2.45) is 0 Å². The number of carbonyl (C=O) groups excluding carboxylic acids is 1. The van der Waals surface area contributed by atoms with Crippen LogP contribution in [0.3, 0.4) is 0 Å². The number of morpholine rings is 1. The van der Waals surface area contributed by atoms with Gasteiger partial charge in [-0.3, -0.25) is 14.7 Å². The number of pyridine rings is 1. The Morgan fingerprint density at radius 1 is 1.02 bits per heavy atom. The highest BCUT2D eigenvalue weighted by Crippen LogP contribution is 2.35. The summed E-state index contributed by atoms with van der Waals surface area (Å²) < 4.78 is 49.6. The van der Waals surface area contributed by atoms with Gasteiger partial charge in [0.2, 0.25) is 0 Å². The molecule has 0 atom stereocenters. The Balaban J connectivity index is 1.17. The number of hydrogen-bond acceptors (Lipinski definition) is 8. The molecule has 240 valence electrons. The van der Waals surface area contributed by atoms with Crippen molar-refractivity contribution in [3.05, 3.63) is 82.9 Å². The molecule has 1 amide bonds. The van der Waals surface area contributed by atoms with Crippen LogP contribution >= 0.6 is 0 Å². The number of anilines is 2. The van der Waals surface area contributed by atoms with E-state index in [1.165, 1.54) is 24.5 Å². The average molecular weight is 633 g/mol. The predicted octanol–water partition coefficient (Wildman–Crippen LogP) is 4.16. The van der Waals surface area contributed by atoms with Gasteiger partial charge in [-0.05, 0) is 62.7 Å². The fourth-order valence-electron chi connectivity index (χ4n) is 5.60. The average Bonchev–Trinajstić information content (AvgIpc) is 3.43. The second kappa shape index (κ2) is 12.7. The van der Waals surface area contributed by atoms with Crippen molar-refractivity contribution in [2.45, 2.75) is 32.2 Å². The van der Waals surface area contributed by atoms with E-state index in [-0.39, 0.29) is 29.0 Å². The van der Waals surface area contributed by atoms with Crippen LogP contribution in [0.1, 0.15) is 46.6 Å². The number of ether oxygens (including phenoxy) is 1. The molecule has 2 saturated heterocycles. The quantitative estimate of drug-likeness (QED) is 0.328. The van der Waals surface area contributed by atoms with Crippen LogP contribution in [0, 0.1) is 11.8 Å². The van der Waals surface area contributed by atoms with Gasteiger partial charge in [-0.15, -0.1) is 5.10 Å². The summed E-state index contributed by atoms with van der Waals surface area (Å²) in [6, 6.07) is 9.27. The number of benzene rings is 1. The first kappa shape index (κ1) is 31.5. The number of piperazine rings is 1. The van der Waals surface area contributed by atoms with Gasteiger partial charge in [-0.2, -0.15) is 13.2 Å². The van der Waals surface area contributed by atoms with Gasteiger partial charge in [-0.25, -0.2) is 9.50 Å². The molecule has 0 spiro atoms. The summed E-state index contributed by atoms with van der Waals surface area (Å²) in [5, 5.41) is 7.34. The lowest BCUT2D eigenvalue weighted by Crippen LogP contribution is -2.48. The zero-order valence-corrected chi connectivity index (χ0v) is 25.9. The summed E-state index contributed by atoms with van der Waals surface area (Å²) in [5.74, 6) is 6.25. The Kier molecular flexibility index (Phi) is 8.69. The normalized spacial score (nSPS) is 17.5. The Morgan fingerprint density at radius 3 is 2.59 bits per heavy atom. The lowest BCUT2D eigenvalue weighted by molar-refractivity contribution is -0.138. The number of rotatable bonds is 5. The molecule has 13 heteroatoms. The Morgan fingerprint density at radius 2 is 1.83 bits per heavy atom. The van der Waals surface area contributed by atoms with E-state index in [1.54, 1.807) is 16.8 Å². The molecule has 0 radical (unpaired) electrons. The molecule has 2 aliphatic rings. The third-order valence-corrected chi connectivity index (χ3v) is 8.10. The largest absolute Gasteiger partial charge is 0.416 e. The predicted molar refractivity (Wildman–Crippen MR) is 168 cm³/mol. The van der Waals surface area contributed by atoms with Gasteiger partial charge in [0.25, 0.3) is 5.91 Å². The molecular weight excluding hydrogens is 597 g/mol. The van der Waals surface area contributed by atoms with Crippen molar-refractivity contribution < 1.29 is 22.7 Å². The number of aromatic nitrogens is 4. The number of alkyl halides is 3. The van der Waals surface area contributed by atoms with Crippen molar-refractivity contribution in [1.29, 1.82) is 0 Å². The standard InChI is InChI=1S/C33H35F3N8O2/c1-32(2)22-43(14-15-46-32)30-9-8-29-38-20-27(44(29)40-30)7-4-23-16-25(19-37-18-23)31(45)39-26-6-5-24(28(17-26)33(34,35)36)21-42-12-10-41(3)11-13-42/h5-6,8-9,16-20H,10-15,21-22H2,1-3H3,(H,39,45). The summed E-state index contributed by atoms with van der Waals surface area (Å²) in [6.07, 6.45) is -0.0840. The molecule has 2 aliphatic heterocycles. The molecule has 46 heavy (non-hydrogen) atoms. The number of imidazole rings is 1. The molecule has 3 aromatic heterocycles. The second-order valence-corrected chi connectivity index (χ2v) is 12.3. The first-order chi connectivity index (χ1) is 21.9. The summed E-state index contributed by atoms with van der Waals surface area (Å²) in [4.78, 5) is 27.9. The Labute approximate surface area is 265 Å². The van der Waals surface area contributed by atoms with Crippen molar-refractivity contribution in [1.82, 2.24) is 29.4 Å². The lowest BCUT2D eigenvalue weighted by Gasteiger charge is -2.38. The fraction of sp³-hybridized carbons (Fsp3) is 0.394. The van der Waals surface area contributed by atoms with Crippen molar-refractivity contribution in [3.8, 4) is 11.8 Å². The van der Waals surface area contributed by atoms with E-state index in [0.717, 1.165) is 31.5 Å². The highest BCUT2D eigenvalue weighted by atomic mass is 19.4. The number of carbonyl (C=O) groups is 1. The number of nitrogens with one attached hydrogen (secondary N) is 1. The number of fused-ring (bicyclic) bond motifs is 1. The van der Waals surface area contributed by atoms with Crippen molar-refractivity contribution >= 4 is 23.1 Å². The van der Waals surface area contributed by atoms with E-state index < -0.39 is 17.6 Å². The number of likely N-dealkylation sites (N-methyl/N-ethyl adjacent to an activating group) is 1. The van der Waals surface area contributed by atoms with Gasteiger partial charge >= 0.3 is 6.18 Å². The topological polar surface area (TPSA) is 91.1 Å². The Hall–Kier alpha value is -4.51. The number of amides is 1. The van der Waals surface area contributed by atoms with E-state index in [0.29, 0.717) is 43.1 Å². The minimum absolute atomic E-state index is 0.0483. The van der Waals surface area contributed by atoms with Gasteiger partial charge < -0.3 is 19.9 Å². The third kappa shape index (κ3) is 7.31. The van der Waals surface area contributed by atoms with Gasteiger partial charge in [0.1, 0.15) is 11.5 Å². The summed E-state index contributed by atoms with van der Waals surface area (Å²) in [7, 11) is 2.00. The van der Waals surface area contributed by atoms with Crippen LogP contribution in [0.5, 0.6) is 0 Å². The zero-order valence-electron chi connectivity index (χ0n) is 25.9. The molecule has 2 fully saturated rings. The van der Waals surface area contributed by atoms with Crippen molar-refractivity contribution in [2.75, 3.05) is 63.1 Å². The maximum absolute atomic E-state index is 14.0. The monoisotopic (exact) mass is 632 g/mol. The molecule has 1 aromatic carbocycles. The molecule has 0 unspecified atom stereocenters. The van der Waals surface area contributed by atoms with Gasteiger partial charge in [0.05, 0.1) is 29.5 Å². The van der Waals surface area contributed by atoms with E-state index in [1.807, 2.05) is 37.9 Å².